The predicted molar refractivity (Wildman–Crippen MR) is 65.3 cm³/mol. The molecule has 0 bridgehead atoms. The Morgan fingerprint density at radius 3 is 2.41 bits per heavy atom. The molecular formula is C13H19FN2O. The molecule has 0 amide bonds. The van der Waals surface area contributed by atoms with Crippen LogP contribution in [0.5, 0.6) is 0 Å². The largest absolute Gasteiger partial charge is 0.394 e. The van der Waals surface area contributed by atoms with Gasteiger partial charge in [-0.15, -0.1) is 0 Å². The Bertz CT molecular complexity index is 362. The molecule has 0 aromatic heterocycles. The first-order valence-corrected chi connectivity index (χ1v) is 5.99. The predicted octanol–water partition coefficient (Wildman–Crippen LogP) is 0.938. The zero-order chi connectivity index (χ0) is 12.3. The van der Waals surface area contributed by atoms with Crippen molar-refractivity contribution in [3.05, 3.63) is 35.6 Å². The minimum absolute atomic E-state index is 0.0403. The van der Waals surface area contributed by atoms with E-state index in [-0.39, 0.29) is 12.4 Å². The van der Waals surface area contributed by atoms with Gasteiger partial charge in [-0.1, -0.05) is 12.1 Å². The molecule has 1 atom stereocenters. The van der Waals surface area contributed by atoms with Crippen LogP contribution in [0, 0.1) is 5.82 Å². The van der Waals surface area contributed by atoms with E-state index < -0.39 is 5.54 Å². The second-order valence-corrected chi connectivity index (χ2v) is 4.68. The summed E-state index contributed by atoms with van der Waals surface area (Å²) in [4.78, 5) is 2.25. The van der Waals surface area contributed by atoms with Gasteiger partial charge in [-0.2, -0.15) is 0 Å². The average molecular weight is 238 g/mol. The van der Waals surface area contributed by atoms with Crippen LogP contribution in [-0.4, -0.2) is 42.8 Å². The average Bonchev–Trinajstić information content (AvgIpc) is 2.40. The van der Waals surface area contributed by atoms with E-state index in [2.05, 4.69) is 10.2 Å². The molecule has 94 valence electrons. The molecule has 0 radical (unpaired) electrons. The second kappa shape index (κ2) is 5.12. The van der Waals surface area contributed by atoms with Crippen LogP contribution >= 0.6 is 0 Å². The molecule has 1 unspecified atom stereocenters. The van der Waals surface area contributed by atoms with Crippen molar-refractivity contribution >= 4 is 0 Å². The molecule has 1 aliphatic heterocycles. The quantitative estimate of drug-likeness (QED) is 0.822. The van der Waals surface area contributed by atoms with E-state index in [0.29, 0.717) is 0 Å². The van der Waals surface area contributed by atoms with Gasteiger partial charge in [-0.05, 0) is 24.6 Å². The molecule has 1 aliphatic rings. The highest BCUT2D eigenvalue weighted by molar-refractivity contribution is 5.25. The zero-order valence-corrected chi connectivity index (χ0v) is 10.1. The van der Waals surface area contributed by atoms with E-state index in [0.717, 1.165) is 31.7 Å². The van der Waals surface area contributed by atoms with Gasteiger partial charge in [0, 0.05) is 26.2 Å². The number of halogens is 1. The molecule has 1 saturated heterocycles. The van der Waals surface area contributed by atoms with E-state index >= 15 is 0 Å². The van der Waals surface area contributed by atoms with Crippen LogP contribution in [0.2, 0.25) is 0 Å². The van der Waals surface area contributed by atoms with Crippen molar-refractivity contribution in [2.75, 3.05) is 32.8 Å². The Balaban J connectivity index is 2.25. The van der Waals surface area contributed by atoms with Gasteiger partial charge in [0.25, 0.3) is 0 Å². The number of nitrogens with one attached hydrogen (secondary N) is 1. The van der Waals surface area contributed by atoms with Gasteiger partial charge in [0.1, 0.15) is 5.82 Å². The lowest BCUT2D eigenvalue weighted by atomic mass is 9.90. The number of benzene rings is 1. The molecule has 1 aromatic carbocycles. The van der Waals surface area contributed by atoms with Crippen molar-refractivity contribution in [1.29, 1.82) is 0 Å². The summed E-state index contributed by atoms with van der Waals surface area (Å²) < 4.78 is 12.9. The normalized spacial score (nSPS) is 21.1. The molecular weight excluding hydrogens is 219 g/mol. The molecule has 4 heteroatoms. The summed E-state index contributed by atoms with van der Waals surface area (Å²) >= 11 is 0. The molecule has 3 nitrogen and oxygen atoms in total. The third-order valence-electron chi connectivity index (χ3n) is 3.59. The van der Waals surface area contributed by atoms with Crippen LogP contribution in [-0.2, 0) is 5.54 Å². The number of nitrogens with zero attached hydrogens (tertiary/aromatic N) is 1. The highest BCUT2D eigenvalue weighted by Gasteiger charge is 2.33. The molecule has 2 N–H and O–H groups in total. The highest BCUT2D eigenvalue weighted by Crippen LogP contribution is 2.28. The number of hydrogen-bond acceptors (Lipinski definition) is 3. The van der Waals surface area contributed by atoms with Crippen molar-refractivity contribution in [1.82, 2.24) is 10.2 Å². The Morgan fingerprint density at radius 1 is 1.29 bits per heavy atom. The Kier molecular flexibility index (Phi) is 3.76. The molecule has 1 aromatic rings. The highest BCUT2D eigenvalue weighted by atomic mass is 19.1. The number of piperazine rings is 1. The topological polar surface area (TPSA) is 35.5 Å². The maximum atomic E-state index is 12.9. The van der Waals surface area contributed by atoms with E-state index in [4.69, 9.17) is 0 Å². The molecule has 17 heavy (non-hydrogen) atoms. The molecule has 0 aliphatic carbocycles. The lowest BCUT2D eigenvalue weighted by Crippen LogP contribution is -2.54. The summed E-state index contributed by atoms with van der Waals surface area (Å²) in [6.45, 7) is 5.70. The summed E-state index contributed by atoms with van der Waals surface area (Å²) in [6, 6.07) is 6.41. The van der Waals surface area contributed by atoms with Crippen LogP contribution in [0.25, 0.3) is 0 Å². The van der Waals surface area contributed by atoms with Gasteiger partial charge in [0.15, 0.2) is 0 Å². The lowest BCUT2D eigenvalue weighted by molar-refractivity contribution is 0.0311. The van der Waals surface area contributed by atoms with E-state index in [1.807, 2.05) is 6.92 Å². The van der Waals surface area contributed by atoms with Crippen molar-refractivity contribution in [2.24, 2.45) is 0 Å². The molecule has 0 spiro atoms. The fraction of sp³-hybridized carbons (Fsp3) is 0.538. The third kappa shape index (κ3) is 2.49. The first-order valence-electron chi connectivity index (χ1n) is 5.99. The molecule has 2 rings (SSSR count). The van der Waals surface area contributed by atoms with Crippen molar-refractivity contribution in [2.45, 2.75) is 12.5 Å². The molecule has 1 fully saturated rings. The van der Waals surface area contributed by atoms with Crippen molar-refractivity contribution in [3.63, 3.8) is 0 Å². The zero-order valence-electron chi connectivity index (χ0n) is 10.1. The van der Waals surface area contributed by atoms with Crippen molar-refractivity contribution in [3.8, 4) is 0 Å². The molecule has 0 saturated carbocycles. The van der Waals surface area contributed by atoms with Gasteiger partial charge >= 0.3 is 0 Å². The van der Waals surface area contributed by atoms with Crippen LogP contribution in [0.15, 0.2) is 24.3 Å². The number of aliphatic hydroxyl groups excluding tert-OH is 1. The van der Waals surface area contributed by atoms with Crippen LogP contribution in [0.1, 0.15) is 12.5 Å². The fourth-order valence-corrected chi connectivity index (χ4v) is 2.34. The summed E-state index contributed by atoms with van der Waals surface area (Å²) in [7, 11) is 0. The second-order valence-electron chi connectivity index (χ2n) is 4.68. The summed E-state index contributed by atoms with van der Waals surface area (Å²) in [5, 5.41) is 13.0. The van der Waals surface area contributed by atoms with E-state index in [9.17, 15) is 9.50 Å². The maximum Gasteiger partial charge on any atom is 0.123 e. The van der Waals surface area contributed by atoms with E-state index in [1.165, 1.54) is 12.1 Å². The Hall–Kier alpha value is -0.970. The summed E-state index contributed by atoms with van der Waals surface area (Å²) in [5.41, 5.74) is 0.541. The SMILES string of the molecule is CC(CO)(c1ccc(F)cc1)N1CCNCC1. The van der Waals surface area contributed by atoms with Crippen molar-refractivity contribution < 1.29 is 9.50 Å². The number of rotatable bonds is 3. The monoisotopic (exact) mass is 238 g/mol. The molecule has 1 heterocycles. The first kappa shape index (κ1) is 12.5. The van der Waals surface area contributed by atoms with Gasteiger partial charge in [0.2, 0.25) is 0 Å². The van der Waals surface area contributed by atoms with Crippen LogP contribution in [0.4, 0.5) is 4.39 Å². The summed E-state index contributed by atoms with van der Waals surface area (Å²) in [6.07, 6.45) is 0. The van der Waals surface area contributed by atoms with Gasteiger partial charge in [-0.25, -0.2) is 4.39 Å². The third-order valence-corrected chi connectivity index (χ3v) is 3.59. The van der Waals surface area contributed by atoms with E-state index in [1.54, 1.807) is 12.1 Å². The van der Waals surface area contributed by atoms with Gasteiger partial charge in [-0.3, -0.25) is 4.90 Å². The van der Waals surface area contributed by atoms with Gasteiger partial charge < -0.3 is 10.4 Å². The Labute approximate surface area is 101 Å². The maximum absolute atomic E-state index is 12.9. The number of aliphatic hydroxyl groups is 1. The minimum Gasteiger partial charge on any atom is -0.394 e. The standard InChI is InChI=1S/C13H19FN2O/c1-13(10-17,16-8-6-15-7-9-16)11-2-4-12(14)5-3-11/h2-5,15,17H,6-10H2,1H3. The number of hydrogen-bond donors (Lipinski definition) is 2. The van der Waals surface area contributed by atoms with Crippen LogP contribution < -0.4 is 5.32 Å². The van der Waals surface area contributed by atoms with Gasteiger partial charge in [0.05, 0.1) is 12.1 Å². The smallest absolute Gasteiger partial charge is 0.123 e. The minimum atomic E-state index is -0.421. The van der Waals surface area contributed by atoms with Crippen LogP contribution in [0.3, 0.4) is 0 Å². The fourth-order valence-electron chi connectivity index (χ4n) is 2.34. The first-order chi connectivity index (χ1) is 8.16. The lowest BCUT2D eigenvalue weighted by Gasteiger charge is -2.42. The Morgan fingerprint density at radius 2 is 1.88 bits per heavy atom. The summed E-state index contributed by atoms with van der Waals surface area (Å²) in [5.74, 6) is -0.241.